The highest BCUT2D eigenvalue weighted by Crippen LogP contribution is 2.29. The van der Waals surface area contributed by atoms with Gasteiger partial charge in [-0.1, -0.05) is 48.5 Å². The molecular weight excluding hydrogens is 315 g/mol. The zero-order valence-corrected chi connectivity index (χ0v) is 12.8. The average Bonchev–Trinajstić information content (AvgIpc) is 3.04. The molecule has 0 radical (unpaired) electrons. The van der Waals surface area contributed by atoms with Crippen molar-refractivity contribution in [3.8, 4) is 11.3 Å². The van der Waals surface area contributed by atoms with Gasteiger partial charge in [-0.15, -0.1) is 0 Å². The molecule has 0 bridgehead atoms. The van der Waals surface area contributed by atoms with Gasteiger partial charge in [-0.3, -0.25) is 5.10 Å². The van der Waals surface area contributed by atoms with Gasteiger partial charge in [0.15, 0.2) is 0 Å². The molecule has 0 aliphatic rings. The molecule has 2 aromatic carbocycles. The maximum absolute atomic E-state index is 12.7. The summed E-state index contributed by atoms with van der Waals surface area (Å²) in [6.07, 6.45) is -2.59. The molecular formula is C18H16F3N3. The van der Waals surface area contributed by atoms with Gasteiger partial charge in [-0.05, 0) is 17.2 Å². The zero-order chi connectivity index (χ0) is 17.0. The van der Waals surface area contributed by atoms with E-state index < -0.39 is 11.7 Å². The monoisotopic (exact) mass is 331 g/mol. The summed E-state index contributed by atoms with van der Waals surface area (Å²) in [5.74, 6) is 0. The first kappa shape index (κ1) is 16.3. The third-order valence-corrected chi connectivity index (χ3v) is 3.68. The Morgan fingerprint density at radius 3 is 2.50 bits per heavy atom. The minimum absolute atomic E-state index is 0.351. The molecule has 0 aliphatic carbocycles. The molecule has 0 saturated carbocycles. The van der Waals surface area contributed by atoms with E-state index in [0.29, 0.717) is 18.7 Å². The van der Waals surface area contributed by atoms with E-state index in [9.17, 15) is 13.2 Å². The lowest BCUT2D eigenvalue weighted by molar-refractivity contribution is -0.137. The largest absolute Gasteiger partial charge is 0.416 e. The summed E-state index contributed by atoms with van der Waals surface area (Å²) in [5, 5.41) is 10.2. The van der Waals surface area contributed by atoms with Crippen LogP contribution in [0.3, 0.4) is 0 Å². The van der Waals surface area contributed by atoms with Gasteiger partial charge in [0.05, 0.1) is 17.5 Å². The number of benzene rings is 2. The number of aromatic nitrogens is 2. The van der Waals surface area contributed by atoms with Crippen molar-refractivity contribution in [3.63, 3.8) is 0 Å². The first-order valence-corrected chi connectivity index (χ1v) is 7.48. The molecule has 0 unspecified atom stereocenters. The highest BCUT2D eigenvalue weighted by molar-refractivity contribution is 5.62. The minimum Gasteiger partial charge on any atom is -0.308 e. The van der Waals surface area contributed by atoms with Crippen molar-refractivity contribution in [1.82, 2.24) is 15.5 Å². The summed E-state index contributed by atoms with van der Waals surface area (Å²) in [6.45, 7) is 0.861. The number of rotatable bonds is 5. The van der Waals surface area contributed by atoms with Crippen LogP contribution in [0.4, 0.5) is 13.2 Å². The smallest absolute Gasteiger partial charge is 0.308 e. The van der Waals surface area contributed by atoms with E-state index in [1.807, 2.05) is 30.3 Å². The van der Waals surface area contributed by atoms with Crippen LogP contribution in [-0.2, 0) is 19.3 Å². The predicted octanol–water partition coefficient (Wildman–Crippen LogP) is 4.39. The van der Waals surface area contributed by atoms with Gasteiger partial charge < -0.3 is 5.32 Å². The molecule has 6 heteroatoms. The van der Waals surface area contributed by atoms with Crippen LogP contribution in [0.15, 0.2) is 60.8 Å². The van der Waals surface area contributed by atoms with Crippen LogP contribution in [0.1, 0.15) is 16.7 Å². The van der Waals surface area contributed by atoms with Crippen LogP contribution < -0.4 is 5.32 Å². The highest BCUT2D eigenvalue weighted by atomic mass is 19.4. The molecule has 0 amide bonds. The average molecular weight is 331 g/mol. The third kappa shape index (κ3) is 3.83. The van der Waals surface area contributed by atoms with Crippen LogP contribution in [0.2, 0.25) is 0 Å². The number of hydrogen-bond acceptors (Lipinski definition) is 2. The van der Waals surface area contributed by atoms with E-state index in [1.165, 1.54) is 12.1 Å². The molecule has 0 atom stereocenters. The molecule has 1 aromatic heterocycles. The van der Waals surface area contributed by atoms with Crippen molar-refractivity contribution >= 4 is 0 Å². The third-order valence-electron chi connectivity index (χ3n) is 3.68. The van der Waals surface area contributed by atoms with E-state index in [4.69, 9.17) is 0 Å². The van der Waals surface area contributed by atoms with Crippen molar-refractivity contribution in [2.24, 2.45) is 0 Å². The maximum atomic E-state index is 12.7. The van der Waals surface area contributed by atoms with Gasteiger partial charge in [0.2, 0.25) is 0 Å². The van der Waals surface area contributed by atoms with Gasteiger partial charge in [0.25, 0.3) is 0 Å². The zero-order valence-electron chi connectivity index (χ0n) is 12.8. The van der Waals surface area contributed by atoms with Crippen LogP contribution >= 0.6 is 0 Å². The second-order valence-corrected chi connectivity index (χ2v) is 5.44. The van der Waals surface area contributed by atoms with E-state index >= 15 is 0 Å². The molecule has 3 nitrogen and oxygen atoms in total. The molecule has 0 aliphatic heterocycles. The molecule has 3 aromatic rings. The van der Waals surface area contributed by atoms with E-state index in [2.05, 4.69) is 15.5 Å². The Morgan fingerprint density at radius 1 is 0.958 bits per heavy atom. The number of nitrogens with zero attached hydrogens (tertiary/aromatic N) is 1. The number of halogens is 3. The fourth-order valence-corrected chi connectivity index (χ4v) is 2.50. The van der Waals surface area contributed by atoms with E-state index in [1.54, 1.807) is 12.3 Å². The molecule has 124 valence electrons. The molecule has 24 heavy (non-hydrogen) atoms. The van der Waals surface area contributed by atoms with Crippen molar-refractivity contribution < 1.29 is 13.2 Å². The summed E-state index contributed by atoms with van der Waals surface area (Å²) < 4.78 is 38.2. The quantitative estimate of drug-likeness (QED) is 0.728. The standard InChI is InChI=1S/C18H16F3N3/c19-18(20,21)16-8-4-5-13(9-16)10-22-11-15-12-23-24-17(15)14-6-2-1-3-7-14/h1-9,12,22H,10-11H2,(H,23,24). The number of H-pyrrole nitrogens is 1. The van der Waals surface area contributed by atoms with Gasteiger partial charge >= 0.3 is 6.18 Å². The van der Waals surface area contributed by atoms with E-state index in [-0.39, 0.29) is 0 Å². The summed E-state index contributed by atoms with van der Waals surface area (Å²) in [7, 11) is 0. The van der Waals surface area contributed by atoms with Crippen molar-refractivity contribution in [2.45, 2.75) is 19.3 Å². The number of alkyl halides is 3. The summed E-state index contributed by atoms with van der Waals surface area (Å²) in [6, 6.07) is 15.1. The Hall–Kier alpha value is -2.60. The fraction of sp³-hybridized carbons (Fsp3) is 0.167. The van der Waals surface area contributed by atoms with Crippen molar-refractivity contribution in [2.75, 3.05) is 0 Å². The summed E-state index contributed by atoms with van der Waals surface area (Å²) >= 11 is 0. The SMILES string of the molecule is FC(F)(F)c1cccc(CNCc2cn[nH]c2-c2ccccc2)c1. The second kappa shape index (κ2) is 6.88. The second-order valence-electron chi connectivity index (χ2n) is 5.44. The van der Waals surface area contributed by atoms with Crippen LogP contribution in [0.5, 0.6) is 0 Å². The summed E-state index contributed by atoms with van der Waals surface area (Å²) in [5.41, 5.74) is 2.86. The molecule has 0 spiro atoms. The normalized spacial score (nSPS) is 11.6. The fourth-order valence-electron chi connectivity index (χ4n) is 2.50. The molecule has 2 N–H and O–H groups in total. The molecule has 3 rings (SSSR count). The van der Waals surface area contributed by atoms with Gasteiger partial charge in [-0.25, -0.2) is 0 Å². The first-order chi connectivity index (χ1) is 11.5. The lowest BCUT2D eigenvalue weighted by Crippen LogP contribution is -2.14. The first-order valence-electron chi connectivity index (χ1n) is 7.48. The van der Waals surface area contributed by atoms with Crippen molar-refractivity contribution in [1.29, 1.82) is 0 Å². The molecule has 1 heterocycles. The lowest BCUT2D eigenvalue weighted by Gasteiger charge is -2.10. The minimum atomic E-state index is -4.32. The van der Waals surface area contributed by atoms with E-state index in [0.717, 1.165) is 22.9 Å². The number of nitrogens with one attached hydrogen (secondary N) is 2. The Kier molecular flexibility index (Phi) is 4.66. The van der Waals surface area contributed by atoms with Crippen LogP contribution in [0, 0.1) is 0 Å². The number of hydrogen-bond donors (Lipinski definition) is 2. The highest BCUT2D eigenvalue weighted by Gasteiger charge is 2.30. The van der Waals surface area contributed by atoms with Crippen molar-refractivity contribution in [3.05, 3.63) is 77.5 Å². The molecule has 0 fully saturated rings. The Morgan fingerprint density at radius 2 is 1.75 bits per heavy atom. The Balaban J connectivity index is 1.65. The maximum Gasteiger partial charge on any atom is 0.416 e. The molecule has 0 saturated heterocycles. The Bertz CT molecular complexity index is 795. The number of aromatic amines is 1. The predicted molar refractivity (Wildman–Crippen MR) is 86.0 cm³/mol. The Labute approximate surface area is 137 Å². The summed E-state index contributed by atoms with van der Waals surface area (Å²) in [4.78, 5) is 0. The lowest BCUT2D eigenvalue weighted by atomic mass is 10.1. The van der Waals surface area contributed by atoms with Gasteiger partial charge in [-0.2, -0.15) is 18.3 Å². The van der Waals surface area contributed by atoms with Crippen LogP contribution in [0.25, 0.3) is 11.3 Å². The van der Waals surface area contributed by atoms with Gasteiger partial charge in [0.1, 0.15) is 0 Å². The topological polar surface area (TPSA) is 40.7 Å². The van der Waals surface area contributed by atoms with Crippen LogP contribution in [-0.4, -0.2) is 10.2 Å². The van der Waals surface area contributed by atoms with Gasteiger partial charge in [0, 0.05) is 18.7 Å².